The van der Waals surface area contributed by atoms with E-state index in [9.17, 15) is 19.1 Å². The van der Waals surface area contributed by atoms with Gasteiger partial charge in [-0.05, 0) is 38.0 Å². The van der Waals surface area contributed by atoms with Crippen LogP contribution in [0.1, 0.15) is 30.1 Å². The first-order valence-corrected chi connectivity index (χ1v) is 6.41. The van der Waals surface area contributed by atoms with Crippen molar-refractivity contribution in [3.63, 3.8) is 0 Å². The fourth-order valence-electron chi connectivity index (χ4n) is 2.44. The predicted octanol–water partition coefficient (Wildman–Crippen LogP) is 1.62. The molecule has 1 aromatic carbocycles. The first-order chi connectivity index (χ1) is 9.33. The smallest absolute Gasteiger partial charge is 0.309 e. The van der Waals surface area contributed by atoms with Gasteiger partial charge in [0.25, 0.3) is 5.91 Å². The maximum atomic E-state index is 13.2. The summed E-state index contributed by atoms with van der Waals surface area (Å²) in [5.41, 5.74) is 5.21. The van der Waals surface area contributed by atoms with Gasteiger partial charge in [-0.2, -0.15) is 0 Å². The normalized spacial score (nSPS) is 17.8. The third kappa shape index (κ3) is 2.59. The Morgan fingerprint density at radius 3 is 2.45 bits per heavy atom. The summed E-state index contributed by atoms with van der Waals surface area (Å²) >= 11 is 0. The van der Waals surface area contributed by atoms with Crippen molar-refractivity contribution in [2.24, 2.45) is 11.1 Å². The number of piperidine rings is 1. The van der Waals surface area contributed by atoms with Gasteiger partial charge in [0.1, 0.15) is 5.82 Å². The molecule has 1 aromatic rings. The topological polar surface area (TPSA) is 83.6 Å². The molecule has 1 aliphatic rings. The van der Waals surface area contributed by atoms with E-state index in [1.165, 1.54) is 12.1 Å². The molecule has 3 N–H and O–H groups in total. The van der Waals surface area contributed by atoms with Crippen LogP contribution in [0.4, 0.5) is 10.1 Å². The molecule has 5 nitrogen and oxygen atoms in total. The van der Waals surface area contributed by atoms with Gasteiger partial charge >= 0.3 is 5.97 Å². The number of primary amides is 1. The highest BCUT2D eigenvalue weighted by Crippen LogP contribution is 2.34. The summed E-state index contributed by atoms with van der Waals surface area (Å²) in [4.78, 5) is 24.5. The van der Waals surface area contributed by atoms with Gasteiger partial charge in [0.15, 0.2) is 0 Å². The van der Waals surface area contributed by atoms with Crippen LogP contribution in [0.15, 0.2) is 18.2 Å². The van der Waals surface area contributed by atoms with Crippen molar-refractivity contribution in [3.05, 3.63) is 29.6 Å². The highest BCUT2D eigenvalue weighted by Gasteiger charge is 2.37. The van der Waals surface area contributed by atoms with Gasteiger partial charge in [-0.3, -0.25) is 9.59 Å². The number of halogens is 1. The number of carboxylic acid groups (broad SMARTS) is 1. The van der Waals surface area contributed by atoms with Crippen molar-refractivity contribution >= 4 is 17.6 Å². The molecule has 6 heteroatoms. The van der Waals surface area contributed by atoms with Gasteiger partial charge in [-0.15, -0.1) is 0 Å². The number of benzene rings is 1. The van der Waals surface area contributed by atoms with E-state index in [1.54, 1.807) is 6.92 Å². The van der Waals surface area contributed by atoms with Gasteiger partial charge in [0, 0.05) is 18.8 Å². The van der Waals surface area contributed by atoms with Crippen molar-refractivity contribution in [3.8, 4) is 0 Å². The summed E-state index contributed by atoms with van der Waals surface area (Å²) < 4.78 is 13.2. The lowest BCUT2D eigenvalue weighted by Gasteiger charge is -2.38. The molecule has 0 spiro atoms. The molecular formula is C14H17FN2O3. The molecule has 0 aliphatic carbocycles. The number of hydrogen-bond donors (Lipinski definition) is 2. The maximum absolute atomic E-state index is 13.2. The lowest BCUT2D eigenvalue weighted by Crippen LogP contribution is -2.43. The standard InChI is InChI=1S/C14H17FN2O3/c1-14(13(19)20)4-6-17(7-5-14)11-3-2-9(15)8-10(11)12(16)18/h2-3,8H,4-7H2,1H3,(H2,16,18)(H,19,20). The number of hydrogen-bond acceptors (Lipinski definition) is 3. The molecular weight excluding hydrogens is 263 g/mol. The average Bonchev–Trinajstić information content (AvgIpc) is 2.39. The Morgan fingerprint density at radius 1 is 1.35 bits per heavy atom. The Balaban J connectivity index is 2.23. The maximum Gasteiger partial charge on any atom is 0.309 e. The van der Waals surface area contributed by atoms with E-state index in [0.717, 1.165) is 6.07 Å². The van der Waals surface area contributed by atoms with E-state index in [-0.39, 0.29) is 5.56 Å². The molecule has 1 fully saturated rings. The van der Waals surface area contributed by atoms with Gasteiger partial charge in [-0.1, -0.05) is 0 Å². The fourth-order valence-corrected chi connectivity index (χ4v) is 2.44. The van der Waals surface area contributed by atoms with Crippen LogP contribution < -0.4 is 10.6 Å². The highest BCUT2D eigenvalue weighted by molar-refractivity contribution is 5.98. The first kappa shape index (κ1) is 14.3. The lowest BCUT2D eigenvalue weighted by molar-refractivity contribution is -0.149. The van der Waals surface area contributed by atoms with E-state index in [4.69, 9.17) is 5.73 Å². The number of nitrogens with zero attached hydrogens (tertiary/aromatic N) is 1. The minimum Gasteiger partial charge on any atom is -0.481 e. The number of anilines is 1. The van der Waals surface area contributed by atoms with E-state index in [0.29, 0.717) is 31.6 Å². The zero-order valence-electron chi connectivity index (χ0n) is 11.2. The van der Waals surface area contributed by atoms with Crippen LogP contribution in [0.25, 0.3) is 0 Å². The van der Waals surface area contributed by atoms with Crippen molar-refractivity contribution in [1.29, 1.82) is 0 Å². The van der Waals surface area contributed by atoms with E-state index in [1.807, 2.05) is 4.90 Å². The van der Waals surface area contributed by atoms with E-state index < -0.39 is 23.1 Å². The zero-order chi connectivity index (χ0) is 14.9. The summed E-state index contributed by atoms with van der Waals surface area (Å²) in [6.07, 6.45) is 0.940. The minimum absolute atomic E-state index is 0.129. The Morgan fingerprint density at radius 2 is 1.95 bits per heavy atom. The van der Waals surface area contributed by atoms with Crippen LogP contribution in [-0.2, 0) is 4.79 Å². The second-order valence-corrected chi connectivity index (χ2v) is 5.38. The van der Waals surface area contributed by atoms with Crippen LogP contribution in [0.3, 0.4) is 0 Å². The number of carboxylic acids is 1. The number of nitrogens with two attached hydrogens (primary N) is 1. The SMILES string of the molecule is CC1(C(=O)O)CCN(c2ccc(F)cc2C(N)=O)CC1. The summed E-state index contributed by atoms with van der Waals surface area (Å²) in [6, 6.07) is 3.90. The van der Waals surface area contributed by atoms with Crippen LogP contribution in [0.5, 0.6) is 0 Å². The molecule has 0 aromatic heterocycles. The van der Waals surface area contributed by atoms with E-state index in [2.05, 4.69) is 0 Å². The van der Waals surface area contributed by atoms with Crippen LogP contribution in [0.2, 0.25) is 0 Å². The Hall–Kier alpha value is -2.11. The molecule has 0 radical (unpaired) electrons. The second-order valence-electron chi connectivity index (χ2n) is 5.38. The number of rotatable bonds is 3. The third-order valence-electron chi connectivity index (χ3n) is 3.95. The molecule has 0 unspecified atom stereocenters. The average molecular weight is 280 g/mol. The Bertz CT molecular complexity index is 551. The zero-order valence-corrected chi connectivity index (χ0v) is 11.2. The van der Waals surface area contributed by atoms with Crippen LogP contribution in [0, 0.1) is 11.2 Å². The largest absolute Gasteiger partial charge is 0.481 e. The molecule has 0 atom stereocenters. The Labute approximate surface area is 116 Å². The number of amides is 1. The van der Waals surface area contributed by atoms with Gasteiger partial charge < -0.3 is 15.7 Å². The second kappa shape index (κ2) is 5.11. The van der Waals surface area contributed by atoms with Gasteiger partial charge in [-0.25, -0.2) is 4.39 Å². The van der Waals surface area contributed by atoms with Crippen molar-refractivity contribution in [2.45, 2.75) is 19.8 Å². The molecule has 1 heterocycles. The molecule has 108 valence electrons. The molecule has 0 saturated carbocycles. The molecule has 1 aliphatic heterocycles. The van der Waals surface area contributed by atoms with Gasteiger partial charge in [0.2, 0.25) is 0 Å². The quantitative estimate of drug-likeness (QED) is 0.881. The van der Waals surface area contributed by atoms with E-state index >= 15 is 0 Å². The van der Waals surface area contributed by atoms with Crippen molar-refractivity contribution < 1.29 is 19.1 Å². The van der Waals surface area contributed by atoms with Crippen molar-refractivity contribution in [1.82, 2.24) is 0 Å². The monoisotopic (exact) mass is 280 g/mol. The summed E-state index contributed by atoms with van der Waals surface area (Å²) in [5.74, 6) is -2.02. The third-order valence-corrected chi connectivity index (χ3v) is 3.95. The molecule has 0 bridgehead atoms. The molecule has 1 amide bonds. The molecule has 1 saturated heterocycles. The van der Waals surface area contributed by atoms with Crippen LogP contribution in [-0.4, -0.2) is 30.1 Å². The summed E-state index contributed by atoms with van der Waals surface area (Å²) in [6.45, 7) is 2.70. The number of aliphatic carboxylic acids is 1. The lowest BCUT2D eigenvalue weighted by atomic mass is 9.80. The molecule has 2 rings (SSSR count). The molecule has 20 heavy (non-hydrogen) atoms. The fraction of sp³-hybridized carbons (Fsp3) is 0.429. The summed E-state index contributed by atoms with van der Waals surface area (Å²) in [7, 11) is 0. The summed E-state index contributed by atoms with van der Waals surface area (Å²) in [5, 5.41) is 9.19. The van der Waals surface area contributed by atoms with Gasteiger partial charge in [0.05, 0.1) is 11.0 Å². The number of carbonyl (C=O) groups is 2. The minimum atomic E-state index is -0.814. The van der Waals surface area contributed by atoms with Crippen LogP contribution >= 0.6 is 0 Å². The first-order valence-electron chi connectivity index (χ1n) is 6.41. The van der Waals surface area contributed by atoms with Crippen molar-refractivity contribution in [2.75, 3.05) is 18.0 Å². The predicted molar refractivity (Wildman–Crippen MR) is 72.1 cm³/mol. The Kier molecular flexibility index (Phi) is 3.65. The number of carbonyl (C=O) groups excluding carboxylic acids is 1. The highest BCUT2D eigenvalue weighted by atomic mass is 19.1.